The van der Waals surface area contributed by atoms with E-state index < -0.39 is 24.1 Å². The van der Waals surface area contributed by atoms with Crippen molar-refractivity contribution < 1.29 is 23.9 Å². The van der Waals surface area contributed by atoms with Gasteiger partial charge >= 0.3 is 12.1 Å². The number of esters is 1. The zero-order chi connectivity index (χ0) is 23.6. The Balaban J connectivity index is 1.29. The fraction of sp³-hybridized carbons (Fsp3) is 0.654. The lowest BCUT2D eigenvalue weighted by Gasteiger charge is -2.55. The molecule has 33 heavy (non-hydrogen) atoms. The van der Waals surface area contributed by atoms with Gasteiger partial charge in [0.1, 0.15) is 24.3 Å². The first kappa shape index (κ1) is 23.6. The van der Waals surface area contributed by atoms with Crippen molar-refractivity contribution in [2.45, 2.75) is 83.6 Å². The maximum Gasteiger partial charge on any atom is 0.408 e. The van der Waals surface area contributed by atoms with Crippen LogP contribution < -0.4 is 10.6 Å². The van der Waals surface area contributed by atoms with Crippen molar-refractivity contribution >= 4 is 18.0 Å². The molecule has 1 aromatic rings. The van der Waals surface area contributed by atoms with E-state index in [-0.39, 0.29) is 24.1 Å². The molecule has 4 aliphatic carbocycles. The summed E-state index contributed by atoms with van der Waals surface area (Å²) in [5.41, 5.74) is 0.506. The largest absolute Gasteiger partial charge is 0.458 e. The first-order valence-corrected chi connectivity index (χ1v) is 12.2. The van der Waals surface area contributed by atoms with Crippen molar-refractivity contribution in [2.24, 2.45) is 23.7 Å². The maximum atomic E-state index is 13.2. The summed E-state index contributed by atoms with van der Waals surface area (Å²) in [6, 6.07) is 7.72. The minimum atomic E-state index is -0.845. The maximum absolute atomic E-state index is 13.2. The second-order valence-corrected chi connectivity index (χ2v) is 10.7. The van der Waals surface area contributed by atoms with Gasteiger partial charge in [0.25, 0.3) is 0 Å². The molecule has 0 spiro atoms. The van der Waals surface area contributed by atoms with Gasteiger partial charge in [-0.2, -0.15) is 0 Å². The van der Waals surface area contributed by atoms with E-state index in [0.717, 1.165) is 24.8 Å². The molecule has 0 aliphatic heterocycles. The molecule has 0 unspecified atom stereocenters. The number of amides is 2. The summed E-state index contributed by atoms with van der Waals surface area (Å²) in [5, 5.41) is 5.33. The molecule has 4 fully saturated rings. The number of hydrogen-bond donors (Lipinski definition) is 2. The normalized spacial score (nSPS) is 29.3. The highest BCUT2D eigenvalue weighted by atomic mass is 16.6. The Morgan fingerprint density at radius 2 is 1.52 bits per heavy atom. The summed E-state index contributed by atoms with van der Waals surface area (Å²) in [4.78, 5) is 38.0. The topological polar surface area (TPSA) is 93.7 Å². The Bertz CT molecular complexity index is 833. The van der Waals surface area contributed by atoms with Gasteiger partial charge in [-0.05, 0) is 74.7 Å². The van der Waals surface area contributed by atoms with Crippen molar-refractivity contribution in [2.75, 3.05) is 0 Å². The van der Waals surface area contributed by atoms with E-state index in [0.29, 0.717) is 17.8 Å². The van der Waals surface area contributed by atoms with Gasteiger partial charge in [-0.15, -0.1) is 0 Å². The van der Waals surface area contributed by atoms with E-state index in [4.69, 9.17) is 9.47 Å². The molecule has 2 atom stereocenters. The van der Waals surface area contributed by atoms with Gasteiger partial charge < -0.3 is 20.1 Å². The van der Waals surface area contributed by atoms with Crippen LogP contribution in [0.1, 0.15) is 64.9 Å². The van der Waals surface area contributed by atoms with Crippen LogP contribution in [-0.2, 0) is 25.7 Å². The van der Waals surface area contributed by atoms with Crippen LogP contribution in [0.2, 0.25) is 0 Å². The number of nitrogens with one attached hydrogen (secondary N) is 2. The molecule has 5 rings (SSSR count). The molecule has 180 valence electrons. The number of hydrogen-bond acceptors (Lipinski definition) is 5. The molecule has 0 saturated heterocycles. The summed E-state index contributed by atoms with van der Waals surface area (Å²) in [7, 11) is 0. The van der Waals surface area contributed by atoms with Gasteiger partial charge in [-0.1, -0.05) is 44.2 Å². The molecule has 0 radical (unpaired) electrons. The molecular weight excluding hydrogens is 420 g/mol. The van der Waals surface area contributed by atoms with Crippen molar-refractivity contribution in [3.8, 4) is 0 Å². The number of carbonyl (C=O) groups excluding carboxylic acids is 3. The summed E-state index contributed by atoms with van der Waals surface area (Å²) >= 11 is 0. The van der Waals surface area contributed by atoms with Gasteiger partial charge in [0.2, 0.25) is 5.91 Å². The van der Waals surface area contributed by atoms with E-state index in [9.17, 15) is 14.4 Å². The Morgan fingerprint density at radius 3 is 2.06 bits per heavy atom. The van der Waals surface area contributed by atoms with Crippen LogP contribution in [0.25, 0.3) is 0 Å². The standard InChI is InChI=1S/C26H36N2O5/c1-16(2)22(24(30)33-26-12-19-9-20(13-26)11-21(10-19)14-26)28-23(29)17(3)27-25(31)32-15-18-7-5-4-6-8-18/h4-8,16-17,19-22H,9-15H2,1-3H3,(H,27,31)(H,28,29)/t17-,19?,20?,21?,22-,26?/m0/s1. The first-order chi connectivity index (χ1) is 15.7. The molecule has 7 heteroatoms. The SMILES string of the molecule is CC(C)[C@H](NC(=O)[C@H](C)NC(=O)OCc1ccccc1)C(=O)OC12CC3CC(CC(C3)C1)C2. The summed E-state index contributed by atoms with van der Waals surface area (Å²) in [6.07, 6.45) is 5.98. The van der Waals surface area contributed by atoms with Crippen molar-refractivity contribution in [3.05, 3.63) is 35.9 Å². The number of alkyl carbamates (subject to hydrolysis) is 1. The van der Waals surface area contributed by atoms with E-state index in [2.05, 4.69) is 10.6 Å². The highest BCUT2D eigenvalue weighted by molar-refractivity contribution is 5.89. The molecule has 2 amide bonds. The Labute approximate surface area is 196 Å². The Hall–Kier alpha value is -2.57. The van der Waals surface area contributed by atoms with Crippen molar-refractivity contribution in [1.29, 1.82) is 0 Å². The van der Waals surface area contributed by atoms with Gasteiger partial charge in [-0.25, -0.2) is 9.59 Å². The van der Waals surface area contributed by atoms with Crippen LogP contribution in [0.4, 0.5) is 4.79 Å². The third-order valence-electron chi connectivity index (χ3n) is 7.46. The Morgan fingerprint density at radius 1 is 0.939 bits per heavy atom. The van der Waals surface area contributed by atoms with Gasteiger partial charge in [0, 0.05) is 0 Å². The van der Waals surface area contributed by atoms with Gasteiger partial charge in [-0.3, -0.25) is 4.79 Å². The van der Waals surface area contributed by atoms with Crippen LogP contribution in [0.15, 0.2) is 30.3 Å². The molecule has 0 aromatic heterocycles. The van der Waals surface area contributed by atoms with Crippen molar-refractivity contribution in [1.82, 2.24) is 10.6 Å². The van der Waals surface area contributed by atoms with Gasteiger partial charge in [0.15, 0.2) is 0 Å². The minimum Gasteiger partial charge on any atom is -0.458 e. The fourth-order valence-electron chi connectivity index (χ4n) is 6.22. The summed E-state index contributed by atoms with van der Waals surface area (Å²) in [6.45, 7) is 5.46. The second kappa shape index (κ2) is 9.74. The number of carbonyl (C=O) groups is 3. The summed E-state index contributed by atoms with van der Waals surface area (Å²) in [5.74, 6) is 1.08. The van der Waals surface area contributed by atoms with Crippen LogP contribution >= 0.6 is 0 Å². The van der Waals surface area contributed by atoms with Crippen LogP contribution in [-0.4, -0.2) is 35.7 Å². The minimum absolute atomic E-state index is 0.118. The predicted octanol–water partition coefficient (Wildman–Crippen LogP) is 3.95. The van der Waals surface area contributed by atoms with E-state index >= 15 is 0 Å². The molecule has 7 nitrogen and oxygen atoms in total. The summed E-state index contributed by atoms with van der Waals surface area (Å²) < 4.78 is 11.3. The molecule has 0 heterocycles. The monoisotopic (exact) mass is 456 g/mol. The molecule has 1 aromatic carbocycles. The molecule has 4 bridgehead atoms. The highest BCUT2D eigenvalue weighted by Gasteiger charge is 2.53. The van der Waals surface area contributed by atoms with E-state index in [1.54, 1.807) is 6.92 Å². The fourth-order valence-corrected chi connectivity index (χ4v) is 6.22. The quantitative estimate of drug-likeness (QED) is 0.578. The van der Waals surface area contributed by atoms with Crippen molar-refractivity contribution in [3.63, 3.8) is 0 Å². The smallest absolute Gasteiger partial charge is 0.408 e. The third kappa shape index (κ3) is 5.68. The number of ether oxygens (including phenoxy) is 2. The second-order valence-electron chi connectivity index (χ2n) is 10.7. The highest BCUT2D eigenvalue weighted by Crippen LogP contribution is 2.57. The molecule has 2 N–H and O–H groups in total. The lowest BCUT2D eigenvalue weighted by molar-refractivity contribution is -0.190. The average molecular weight is 457 g/mol. The lowest BCUT2D eigenvalue weighted by atomic mass is 9.54. The average Bonchev–Trinajstić information content (AvgIpc) is 2.75. The number of benzene rings is 1. The molecule has 4 aliphatic rings. The first-order valence-electron chi connectivity index (χ1n) is 12.2. The lowest BCUT2D eigenvalue weighted by Crippen LogP contribution is -2.57. The number of rotatable bonds is 8. The van der Waals surface area contributed by atoms with E-state index in [1.165, 1.54) is 19.3 Å². The van der Waals surface area contributed by atoms with Gasteiger partial charge in [0.05, 0.1) is 0 Å². The zero-order valence-corrected chi connectivity index (χ0v) is 19.8. The van der Waals surface area contributed by atoms with E-state index in [1.807, 2.05) is 44.2 Å². The third-order valence-corrected chi connectivity index (χ3v) is 7.46. The molecule has 4 saturated carbocycles. The van der Waals surface area contributed by atoms with Crippen LogP contribution in [0.3, 0.4) is 0 Å². The Kier molecular flexibility index (Phi) is 6.96. The van der Waals surface area contributed by atoms with Crippen LogP contribution in [0, 0.1) is 23.7 Å². The predicted molar refractivity (Wildman–Crippen MR) is 123 cm³/mol. The molecular formula is C26H36N2O5. The zero-order valence-electron chi connectivity index (χ0n) is 19.8. The van der Waals surface area contributed by atoms with Crippen LogP contribution in [0.5, 0.6) is 0 Å².